The second kappa shape index (κ2) is 7.28. The van der Waals surface area contributed by atoms with E-state index in [0.717, 1.165) is 34.4 Å². The highest BCUT2D eigenvalue weighted by Gasteiger charge is 2.24. The number of carbonyl (C=O) groups is 1. The second-order valence-corrected chi connectivity index (χ2v) is 6.75. The molecule has 0 saturated carbocycles. The lowest BCUT2D eigenvalue weighted by Gasteiger charge is -2.24. The van der Waals surface area contributed by atoms with Gasteiger partial charge in [-0.05, 0) is 47.7 Å². The molecule has 0 amide bonds. The Morgan fingerprint density at radius 1 is 1.04 bits per heavy atom. The Balaban J connectivity index is 2.19. The molecule has 3 rings (SSSR count). The first-order valence-electron chi connectivity index (χ1n) is 8.61. The average molecular weight is 356 g/mol. The fraction of sp³-hybridized carbons (Fsp3) is 0.381. The van der Waals surface area contributed by atoms with Crippen LogP contribution >= 0.6 is 0 Å². The van der Waals surface area contributed by atoms with Crippen molar-refractivity contribution >= 4 is 5.97 Å². The molecule has 0 bridgehead atoms. The number of esters is 1. The largest absolute Gasteiger partial charge is 0.493 e. The van der Waals surface area contributed by atoms with Gasteiger partial charge in [0.25, 0.3) is 0 Å². The van der Waals surface area contributed by atoms with E-state index in [0.29, 0.717) is 29.6 Å². The summed E-state index contributed by atoms with van der Waals surface area (Å²) in [6, 6.07) is 7.67. The third-order valence-corrected chi connectivity index (χ3v) is 4.52. The van der Waals surface area contributed by atoms with E-state index in [9.17, 15) is 4.79 Å². The summed E-state index contributed by atoms with van der Waals surface area (Å²) in [5, 5.41) is 0. The molecular weight excluding hydrogens is 332 g/mol. The predicted octanol–water partition coefficient (Wildman–Crippen LogP) is 4.25. The van der Waals surface area contributed by atoms with Crippen molar-refractivity contribution in [2.24, 2.45) is 5.92 Å². The van der Waals surface area contributed by atoms with E-state index in [1.54, 1.807) is 14.2 Å². The first-order chi connectivity index (χ1) is 12.5. The highest BCUT2D eigenvalue weighted by atomic mass is 16.5. The number of hydrogen-bond donors (Lipinski definition) is 0. The Morgan fingerprint density at radius 3 is 2.35 bits per heavy atom. The van der Waals surface area contributed by atoms with Crippen LogP contribution in [0.4, 0.5) is 0 Å². The van der Waals surface area contributed by atoms with Gasteiger partial charge in [-0.3, -0.25) is 0 Å². The molecule has 0 saturated heterocycles. The minimum Gasteiger partial charge on any atom is -0.493 e. The van der Waals surface area contributed by atoms with Crippen molar-refractivity contribution < 1.29 is 23.7 Å². The fourth-order valence-corrected chi connectivity index (χ4v) is 3.31. The lowest BCUT2D eigenvalue weighted by molar-refractivity contribution is 0.0599. The van der Waals surface area contributed by atoms with Crippen LogP contribution in [-0.4, -0.2) is 27.3 Å². The highest BCUT2D eigenvalue weighted by Crippen LogP contribution is 2.44. The minimum atomic E-state index is -0.337. The van der Waals surface area contributed by atoms with Gasteiger partial charge in [0.1, 0.15) is 12.4 Å². The topological polar surface area (TPSA) is 54.0 Å². The van der Waals surface area contributed by atoms with E-state index in [2.05, 4.69) is 13.8 Å². The summed E-state index contributed by atoms with van der Waals surface area (Å²) in [5.41, 5.74) is 4.34. The Hall–Kier alpha value is -2.69. The maximum Gasteiger partial charge on any atom is 0.338 e. The minimum absolute atomic E-state index is 0.337. The third-order valence-electron chi connectivity index (χ3n) is 4.52. The van der Waals surface area contributed by atoms with Crippen LogP contribution in [-0.2, 0) is 17.8 Å². The van der Waals surface area contributed by atoms with E-state index in [1.807, 2.05) is 24.3 Å². The number of hydrogen-bond acceptors (Lipinski definition) is 5. The summed E-state index contributed by atoms with van der Waals surface area (Å²) in [5.74, 6) is 2.15. The molecule has 1 aliphatic heterocycles. The zero-order valence-corrected chi connectivity index (χ0v) is 15.8. The zero-order valence-electron chi connectivity index (χ0n) is 15.8. The van der Waals surface area contributed by atoms with Crippen LogP contribution in [0.1, 0.15) is 35.3 Å². The number of carbonyl (C=O) groups excluding carboxylic acids is 1. The van der Waals surface area contributed by atoms with Crippen LogP contribution < -0.4 is 14.2 Å². The molecule has 0 aliphatic carbocycles. The van der Waals surface area contributed by atoms with Gasteiger partial charge in [-0.2, -0.15) is 0 Å². The molecule has 26 heavy (non-hydrogen) atoms. The lowest BCUT2D eigenvalue weighted by atomic mass is 9.90. The Bertz CT molecular complexity index is 839. The summed E-state index contributed by atoms with van der Waals surface area (Å²) in [6.45, 7) is 4.68. The number of ether oxygens (including phenoxy) is 4. The molecule has 1 aliphatic rings. The predicted molar refractivity (Wildman–Crippen MR) is 99.2 cm³/mol. The van der Waals surface area contributed by atoms with E-state index in [-0.39, 0.29) is 5.97 Å². The average Bonchev–Trinajstić information content (AvgIpc) is 2.64. The van der Waals surface area contributed by atoms with Gasteiger partial charge in [0.05, 0.1) is 26.9 Å². The smallest absolute Gasteiger partial charge is 0.338 e. The highest BCUT2D eigenvalue weighted by molar-refractivity contribution is 5.94. The summed E-state index contributed by atoms with van der Waals surface area (Å²) >= 11 is 0. The molecule has 0 aromatic heterocycles. The van der Waals surface area contributed by atoms with Gasteiger partial charge in [-0.1, -0.05) is 13.8 Å². The van der Waals surface area contributed by atoms with Crippen molar-refractivity contribution in [2.75, 3.05) is 21.3 Å². The summed E-state index contributed by atoms with van der Waals surface area (Å²) in [7, 11) is 4.62. The summed E-state index contributed by atoms with van der Waals surface area (Å²) in [4.78, 5) is 12.3. The number of methoxy groups -OCH3 is 3. The maximum absolute atomic E-state index is 12.3. The molecule has 0 radical (unpaired) electrons. The van der Waals surface area contributed by atoms with Crippen LogP contribution in [0.2, 0.25) is 0 Å². The molecule has 2 aromatic rings. The molecule has 0 fully saturated rings. The first kappa shape index (κ1) is 18.1. The van der Waals surface area contributed by atoms with E-state index in [4.69, 9.17) is 18.9 Å². The normalized spacial score (nSPS) is 12.1. The van der Waals surface area contributed by atoms with Crippen molar-refractivity contribution in [3.63, 3.8) is 0 Å². The van der Waals surface area contributed by atoms with Gasteiger partial charge in [-0.15, -0.1) is 0 Å². The van der Waals surface area contributed by atoms with Gasteiger partial charge in [0.15, 0.2) is 11.5 Å². The zero-order chi connectivity index (χ0) is 18.8. The van der Waals surface area contributed by atoms with E-state index >= 15 is 0 Å². The Morgan fingerprint density at radius 2 is 1.73 bits per heavy atom. The van der Waals surface area contributed by atoms with Crippen LogP contribution in [0.5, 0.6) is 17.2 Å². The Labute approximate surface area is 153 Å². The molecule has 5 nitrogen and oxygen atoms in total. The number of fused-ring (bicyclic) bond motifs is 3. The molecule has 1 heterocycles. The number of benzene rings is 2. The Kier molecular flexibility index (Phi) is 5.07. The molecule has 2 aromatic carbocycles. The van der Waals surface area contributed by atoms with Crippen LogP contribution in [0.15, 0.2) is 24.3 Å². The van der Waals surface area contributed by atoms with Crippen molar-refractivity contribution in [1.82, 2.24) is 0 Å². The van der Waals surface area contributed by atoms with Crippen molar-refractivity contribution in [1.29, 1.82) is 0 Å². The molecule has 0 unspecified atom stereocenters. The van der Waals surface area contributed by atoms with E-state index < -0.39 is 0 Å². The van der Waals surface area contributed by atoms with Crippen molar-refractivity contribution in [2.45, 2.75) is 26.9 Å². The molecule has 0 atom stereocenters. The monoisotopic (exact) mass is 356 g/mol. The van der Waals surface area contributed by atoms with Gasteiger partial charge in [0.2, 0.25) is 0 Å². The second-order valence-electron chi connectivity index (χ2n) is 6.75. The molecule has 5 heteroatoms. The molecule has 138 valence electrons. The van der Waals surface area contributed by atoms with E-state index in [1.165, 1.54) is 7.11 Å². The summed E-state index contributed by atoms with van der Waals surface area (Å²) < 4.78 is 21.8. The van der Waals surface area contributed by atoms with Gasteiger partial charge < -0.3 is 18.9 Å². The van der Waals surface area contributed by atoms with Gasteiger partial charge in [-0.25, -0.2) is 4.79 Å². The summed E-state index contributed by atoms with van der Waals surface area (Å²) in [6.07, 6.45) is 0.778. The molecular formula is C21H24O5. The van der Waals surface area contributed by atoms with Crippen LogP contribution in [0.3, 0.4) is 0 Å². The number of rotatable bonds is 5. The molecule has 0 N–H and O–H groups in total. The van der Waals surface area contributed by atoms with Gasteiger partial charge in [0, 0.05) is 11.1 Å². The first-order valence-corrected chi connectivity index (χ1v) is 8.61. The van der Waals surface area contributed by atoms with Crippen molar-refractivity contribution in [3.05, 3.63) is 41.0 Å². The maximum atomic E-state index is 12.3. The quantitative estimate of drug-likeness (QED) is 0.750. The fourth-order valence-electron chi connectivity index (χ4n) is 3.31. The molecule has 0 spiro atoms. The van der Waals surface area contributed by atoms with Gasteiger partial charge >= 0.3 is 5.97 Å². The van der Waals surface area contributed by atoms with Crippen LogP contribution in [0.25, 0.3) is 11.1 Å². The SMILES string of the molecule is COC(=O)c1cc2c(cc1CC(C)C)OCc1cc(OC)c(OC)cc1-2. The lowest BCUT2D eigenvalue weighted by Crippen LogP contribution is -2.12. The standard InChI is InChI=1S/C21H24O5/c1-12(2)6-13-7-18-17(9-16(13)21(22)25-5)15-10-20(24-4)19(23-3)8-14(15)11-26-18/h7-10,12H,6,11H2,1-5H3. The third kappa shape index (κ3) is 3.21. The van der Waals surface area contributed by atoms with Crippen LogP contribution in [0, 0.1) is 5.92 Å². The van der Waals surface area contributed by atoms with Crippen molar-refractivity contribution in [3.8, 4) is 28.4 Å².